The van der Waals surface area contributed by atoms with Gasteiger partial charge in [-0.1, -0.05) is 72.8 Å². The van der Waals surface area contributed by atoms with Gasteiger partial charge in [0.15, 0.2) is 0 Å². The molecular weight excluding hydrogens is 392 g/mol. The van der Waals surface area contributed by atoms with Crippen molar-refractivity contribution in [3.05, 3.63) is 96.1 Å². The first-order valence-corrected chi connectivity index (χ1v) is 7.95. The predicted molar refractivity (Wildman–Crippen MR) is 96.6 cm³/mol. The molecule has 1 radical (unpaired) electrons. The molecule has 4 nitrogen and oxygen atoms in total. The van der Waals surface area contributed by atoms with E-state index in [2.05, 4.69) is 0 Å². The minimum Gasteiger partial charge on any atom is -0.545 e. The van der Waals surface area contributed by atoms with Crippen molar-refractivity contribution in [2.75, 3.05) is 0 Å². The molecule has 0 saturated carbocycles. The fourth-order valence-electron chi connectivity index (χ4n) is 2.63. The minimum absolute atomic E-state index is 0. The number of carboxylic acid groups (broad SMARTS) is 2. The van der Waals surface area contributed by atoms with Crippen LogP contribution >= 0.6 is 0 Å². The second kappa shape index (κ2) is 8.99. The molecule has 0 N–H and O–H groups in total. The maximum absolute atomic E-state index is 10.5. The van der Waals surface area contributed by atoms with Gasteiger partial charge in [0, 0.05) is 17.1 Å². The Morgan fingerprint density at radius 2 is 0.852 bits per heavy atom. The number of carbonyl (C=O) groups is 2. The van der Waals surface area contributed by atoms with Crippen LogP contribution in [0.15, 0.2) is 84.9 Å². The second-order valence-corrected chi connectivity index (χ2v) is 5.70. The van der Waals surface area contributed by atoms with E-state index in [-0.39, 0.29) is 28.2 Å². The summed E-state index contributed by atoms with van der Waals surface area (Å²) in [4.78, 5) is 21.1. The van der Waals surface area contributed by atoms with Gasteiger partial charge in [-0.3, -0.25) is 0 Å². The van der Waals surface area contributed by atoms with E-state index in [0.717, 1.165) is 21.5 Å². The summed E-state index contributed by atoms with van der Waals surface area (Å²) < 4.78 is 0. The average molecular weight is 406 g/mol. The van der Waals surface area contributed by atoms with Crippen LogP contribution in [0, 0.1) is 0 Å². The van der Waals surface area contributed by atoms with E-state index in [9.17, 15) is 19.8 Å². The number of hydrogen-bond acceptors (Lipinski definition) is 4. The molecule has 0 atom stereocenters. The first-order chi connectivity index (χ1) is 12.5. The van der Waals surface area contributed by atoms with Gasteiger partial charge in [0.2, 0.25) is 0 Å². The summed E-state index contributed by atoms with van der Waals surface area (Å²) in [6.07, 6.45) is 0. The van der Waals surface area contributed by atoms with Crippen LogP contribution in [-0.2, 0) is 17.1 Å². The fourth-order valence-corrected chi connectivity index (χ4v) is 2.63. The maximum atomic E-state index is 10.5. The van der Waals surface area contributed by atoms with Gasteiger partial charge in [0.1, 0.15) is 0 Å². The molecule has 0 unspecified atom stereocenters. The van der Waals surface area contributed by atoms with E-state index in [1.54, 1.807) is 36.4 Å². The van der Waals surface area contributed by atoms with E-state index in [4.69, 9.17) is 0 Å². The Bertz CT molecular complexity index is 1020. The molecule has 4 rings (SSSR count). The molecule has 0 saturated heterocycles. The molecule has 0 aliphatic rings. The predicted octanol–water partition coefficient (Wildman–Crippen LogP) is 2.40. The molecule has 0 fully saturated rings. The molecule has 139 valence electrons. The van der Waals surface area contributed by atoms with Gasteiger partial charge in [-0.05, 0) is 44.8 Å². The molecule has 0 amide bonds. The van der Waals surface area contributed by atoms with E-state index >= 15 is 0 Å². The second-order valence-electron chi connectivity index (χ2n) is 5.70. The van der Waals surface area contributed by atoms with Crippen molar-refractivity contribution in [2.24, 2.45) is 0 Å². The van der Waals surface area contributed by atoms with Crippen molar-refractivity contribution >= 4 is 33.5 Å². The molecule has 4 aromatic carbocycles. The van der Waals surface area contributed by atoms with Crippen LogP contribution < -0.4 is 10.2 Å². The monoisotopic (exact) mass is 405 g/mol. The zero-order valence-electron chi connectivity index (χ0n) is 14.0. The van der Waals surface area contributed by atoms with Crippen LogP contribution in [0.25, 0.3) is 21.5 Å². The van der Waals surface area contributed by atoms with Gasteiger partial charge in [0.25, 0.3) is 0 Å². The van der Waals surface area contributed by atoms with Gasteiger partial charge in [-0.2, -0.15) is 0 Å². The number of carboxylic acids is 2. The molecule has 0 aliphatic heterocycles. The molecule has 0 aliphatic carbocycles. The topological polar surface area (TPSA) is 80.3 Å². The standard InChI is InChI=1S/2C11H8O2.Cu/c2*12-11(13)10-6-5-8-3-1-2-4-9(8)7-10;/h2*1-7H,(H,12,13);/p-2. The third-order valence-electron chi connectivity index (χ3n) is 3.97. The van der Waals surface area contributed by atoms with Gasteiger partial charge in [-0.25, -0.2) is 0 Å². The molecule has 5 heteroatoms. The third kappa shape index (κ3) is 4.94. The SMILES string of the molecule is O=C([O-])c1ccc2ccccc2c1.O=C([O-])c1ccc2ccccc2c1.[Cu]. The molecule has 4 aromatic rings. The van der Waals surface area contributed by atoms with E-state index in [0.29, 0.717) is 0 Å². The van der Waals surface area contributed by atoms with E-state index < -0.39 is 11.9 Å². The largest absolute Gasteiger partial charge is 0.545 e. The van der Waals surface area contributed by atoms with Crippen molar-refractivity contribution in [1.29, 1.82) is 0 Å². The number of benzene rings is 4. The Morgan fingerprint density at radius 1 is 0.519 bits per heavy atom. The van der Waals surface area contributed by atoms with Crippen LogP contribution in [0.1, 0.15) is 20.7 Å². The average Bonchev–Trinajstić information content (AvgIpc) is 2.67. The molecule has 0 heterocycles. The zero-order chi connectivity index (χ0) is 18.5. The summed E-state index contributed by atoms with van der Waals surface area (Å²) in [5.41, 5.74) is 0.442. The number of fused-ring (bicyclic) bond motifs is 2. The van der Waals surface area contributed by atoms with Crippen molar-refractivity contribution in [1.82, 2.24) is 0 Å². The van der Waals surface area contributed by atoms with Crippen LogP contribution in [0.3, 0.4) is 0 Å². The molecular formula is C22H14CuO4-2. The minimum atomic E-state index is -1.13. The number of carbonyl (C=O) groups excluding carboxylic acids is 2. The first-order valence-electron chi connectivity index (χ1n) is 7.95. The van der Waals surface area contributed by atoms with E-state index in [1.807, 2.05) is 48.5 Å². The van der Waals surface area contributed by atoms with Crippen LogP contribution in [0.5, 0.6) is 0 Å². The van der Waals surface area contributed by atoms with E-state index in [1.165, 1.54) is 0 Å². The molecule has 0 aromatic heterocycles. The van der Waals surface area contributed by atoms with Crippen molar-refractivity contribution in [2.45, 2.75) is 0 Å². The number of hydrogen-bond donors (Lipinski definition) is 0. The summed E-state index contributed by atoms with van der Waals surface area (Å²) in [7, 11) is 0. The molecule has 0 bridgehead atoms. The molecule has 27 heavy (non-hydrogen) atoms. The summed E-state index contributed by atoms with van der Waals surface area (Å²) in [6.45, 7) is 0. The summed E-state index contributed by atoms with van der Waals surface area (Å²) >= 11 is 0. The van der Waals surface area contributed by atoms with Crippen molar-refractivity contribution in [3.63, 3.8) is 0 Å². The Balaban J connectivity index is 0.000000187. The Labute approximate surface area is 166 Å². The smallest absolute Gasteiger partial charge is 0.0715 e. The molecule has 0 spiro atoms. The summed E-state index contributed by atoms with van der Waals surface area (Å²) in [5, 5.41) is 25.0. The van der Waals surface area contributed by atoms with Crippen LogP contribution in [0.2, 0.25) is 0 Å². The first kappa shape index (κ1) is 20.2. The van der Waals surface area contributed by atoms with Gasteiger partial charge >= 0.3 is 0 Å². The summed E-state index contributed by atoms with van der Waals surface area (Å²) in [5.74, 6) is -2.27. The van der Waals surface area contributed by atoms with Gasteiger partial charge in [-0.15, -0.1) is 0 Å². The quantitative estimate of drug-likeness (QED) is 0.479. The summed E-state index contributed by atoms with van der Waals surface area (Å²) in [6, 6.07) is 25.1. The Kier molecular flexibility index (Phi) is 6.72. The van der Waals surface area contributed by atoms with Crippen molar-refractivity contribution < 1.29 is 36.9 Å². The third-order valence-corrected chi connectivity index (χ3v) is 3.97. The fraction of sp³-hybridized carbons (Fsp3) is 0. The van der Waals surface area contributed by atoms with Crippen molar-refractivity contribution in [3.8, 4) is 0 Å². The Morgan fingerprint density at radius 3 is 1.19 bits per heavy atom. The van der Waals surface area contributed by atoms with Crippen LogP contribution in [0.4, 0.5) is 0 Å². The zero-order valence-corrected chi connectivity index (χ0v) is 15.0. The van der Waals surface area contributed by atoms with Gasteiger partial charge < -0.3 is 19.8 Å². The maximum Gasteiger partial charge on any atom is 0.0715 e. The number of aromatic carboxylic acids is 2. The number of rotatable bonds is 2. The Hall–Kier alpha value is -3.14. The van der Waals surface area contributed by atoms with Crippen LogP contribution in [-0.4, -0.2) is 11.9 Å². The van der Waals surface area contributed by atoms with Gasteiger partial charge in [0.05, 0.1) is 11.9 Å². The normalized spacial score (nSPS) is 9.78.